The fraction of sp³-hybridized carbons (Fsp3) is 0.458. The van der Waals surface area contributed by atoms with E-state index < -0.39 is 5.60 Å². The average Bonchev–Trinajstić information content (AvgIpc) is 3.07. The summed E-state index contributed by atoms with van der Waals surface area (Å²) in [5.74, 6) is 0.525. The average molecular weight is 423 g/mol. The van der Waals surface area contributed by atoms with Crippen LogP contribution in [0.1, 0.15) is 45.6 Å². The lowest BCUT2D eigenvalue weighted by atomic mass is 9.91. The monoisotopic (exact) mass is 422 g/mol. The lowest BCUT2D eigenvalue weighted by molar-refractivity contribution is -0.117. The highest BCUT2D eigenvalue weighted by Crippen LogP contribution is 2.40. The number of hydrogen-bond donors (Lipinski definition) is 1. The minimum atomic E-state index is -0.486. The summed E-state index contributed by atoms with van der Waals surface area (Å²) in [5.41, 5.74) is 3.73. The van der Waals surface area contributed by atoms with Gasteiger partial charge in [-0.1, -0.05) is 19.1 Å². The van der Waals surface area contributed by atoms with Crippen LogP contribution in [0.3, 0.4) is 0 Å². The van der Waals surface area contributed by atoms with Crippen LogP contribution in [0.4, 0.5) is 16.3 Å². The summed E-state index contributed by atoms with van der Waals surface area (Å²) in [6.45, 7) is 10.4. The number of carbonyl (C=O) groups is 2. The predicted octanol–water partition coefficient (Wildman–Crippen LogP) is 4.25. The van der Waals surface area contributed by atoms with Gasteiger partial charge in [-0.05, 0) is 56.5 Å². The summed E-state index contributed by atoms with van der Waals surface area (Å²) in [6, 6.07) is 10.4. The first kappa shape index (κ1) is 21.2. The third-order valence-corrected chi connectivity index (χ3v) is 5.76. The number of amides is 2. The van der Waals surface area contributed by atoms with Gasteiger partial charge in [-0.25, -0.2) is 9.78 Å². The maximum absolute atomic E-state index is 12.3. The molecule has 2 amide bonds. The molecule has 7 nitrogen and oxygen atoms in total. The zero-order valence-electron chi connectivity index (χ0n) is 18.6. The van der Waals surface area contributed by atoms with Gasteiger partial charge in [-0.3, -0.25) is 4.79 Å². The Labute approximate surface area is 183 Å². The molecule has 4 rings (SSSR count). The quantitative estimate of drug-likeness (QED) is 0.800. The SMILES string of the molecule is CCC1C(=O)Nc2nccc(-c3cccc(N4CCN(C(=O)OC(C)(C)C)CC4)c3)c21. The van der Waals surface area contributed by atoms with E-state index in [9.17, 15) is 9.59 Å². The highest BCUT2D eigenvalue weighted by Gasteiger charge is 2.33. The summed E-state index contributed by atoms with van der Waals surface area (Å²) >= 11 is 0. The molecule has 2 aliphatic rings. The molecule has 1 fully saturated rings. The molecule has 1 unspecified atom stereocenters. The van der Waals surface area contributed by atoms with Crippen LogP contribution in [-0.4, -0.2) is 53.7 Å². The molecule has 1 atom stereocenters. The molecule has 1 aromatic carbocycles. The molecule has 0 saturated carbocycles. The number of anilines is 2. The third kappa shape index (κ3) is 4.36. The van der Waals surface area contributed by atoms with Gasteiger partial charge in [0.15, 0.2) is 0 Å². The van der Waals surface area contributed by atoms with E-state index >= 15 is 0 Å². The molecule has 1 N–H and O–H groups in total. The Morgan fingerprint density at radius 2 is 1.94 bits per heavy atom. The summed E-state index contributed by atoms with van der Waals surface area (Å²) in [4.78, 5) is 33.1. The fourth-order valence-electron chi connectivity index (χ4n) is 4.25. The zero-order chi connectivity index (χ0) is 22.2. The number of hydrogen-bond acceptors (Lipinski definition) is 5. The minimum absolute atomic E-state index is 0.0202. The topological polar surface area (TPSA) is 74.8 Å². The van der Waals surface area contributed by atoms with Crippen LogP contribution in [0.25, 0.3) is 11.1 Å². The van der Waals surface area contributed by atoms with Crippen molar-refractivity contribution >= 4 is 23.5 Å². The Balaban J connectivity index is 1.52. The number of ether oxygens (including phenoxy) is 1. The molecule has 0 aliphatic carbocycles. The van der Waals surface area contributed by atoms with E-state index in [1.807, 2.05) is 39.8 Å². The maximum atomic E-state index is 12.3. The maximum Gasteiger partial charge on any atom is 0.410 e. The molecule has 3 heterocycles. The summed E-state index contributed by atoms with van der Waals surface area (Å²) in [5, 5.41) is 2.91. The van der Waals surface area contributed by atoms with Crippen LogP contribution in [-0.2, 0) is 9.53 Å². The Hall–Kier alpha value is -3.09. The molecule has 0 radical (unpaired) electrons. The first-order valence-corrected chi connectivity index (χ1v) is 10.9. The molecule has 2 aliphatic heterocycles. The molecule has 1 aromatic heterocycles. The lowest BCUT2D eigenvalue weighted by Crippen LogP contribution is -2.50. The van der Waals surface area contributed by atoms with Crippen LogP contribution in [0.5, 0.6) is 0 Å². The van der Waals surface area contributed by atoms with Crippen molar-refractivity contribution in [2.24, 2.45) is 0 Å². The van der Waals surface area contributed by atoms with Crippen LogP contribution < -0.4 is 10.2 Å². The van der Waals surface area contributed by atoms with Crippen molar-refractivity contribution in [3.8, 4) is 11.1 Å². The summed E-state index contributed by atoms with van der Waals surface area (Å²) < 4.78 is 5.50. The molecule has 7 heteroatoms. The lowest BCUT2D eigenvalue weighted by Gasteiger charge is -2.37. The standard InChI is InChI=1S/C24H30N4O3/c1-5-18-20-19(9-10-25-21(20)26-22(18)29)16-7-6-8-17(15-16)27-11-13-28(14-12-27)23(30)31-24(2,3)4/h6-10,15,18H,5,11-14H2,1-4H3,(H,25,26,29). The van der Waals surface area contributed by atoms with E-state index in [4.69, 9.17) is 4.74 Å². The molecule has 164 valence electrons. The number of rotatable bonds is 3. The van der Waals surface area contributed by atoms with Crippen molar-refractivity contribution in [1.29, 1.82) is 0 Å². The molecule has 0 bridgehead atoms. The molecular weight excluding hydrogens is 392 g/mol. The van der Waals surface area contributed by atoms with Crippen LogP contribution in [0.15, 0.2) is 36.5 Å². The third-order valence-electron chi connectivity index (χ3n) is 5.76. The first-order valence-electron chi connectivity index (χ1n) is 10.9. The molecule has 31 heavy (non-hydrogen) atoms. The second kappa shape index (κ2) is 8.21. The Morgan fingerprint density at radius 1 is 1.19 bits per heavy atom. The molecule has 0 spiro atoms. The van der Waals surface area contributed by atoms with E-state index in [0.29, 0.717) is 18.9 Å². The van der Waals surface area contributed by atoms with Crippen LogP contribution in [0, 0.1) is 0 Å². The summed E-state index contributed by atoms with van der Waals surface area (Å²) in [7, 11) is 0. The largest absolute Gasteiger partial charge is 0.444 e. The van der Waals surface area contributed by atoms with Crippen molar-refractivity contribution < 1.29 is 14.3 Å². The number of aromatic nitrogens is 1. The predicted molar refractivity (Wildman–Crippen MR) is 121 cm³/mol. The number of benzene rings is 1. The second-order valence-electron chi connectivity index (χ2n) is 9.08. The van der Waals surface area contributed by atoms with Gasteiger partial charge in [-0.2, -0.15) is 0 Å². The smallest absolute Gasteiger partial charge is 0.410 e. The first-order chi connectivity index (χ1) is 14.8. The van der Waals surface area contributed by atoms with E-state index in [-0.39, 0.29) is 17.9 Å². The normalized spacial score (nSPS) is 18.6. The number of fused-ring (bicyclic) bond motifs is 1. The van der Waals surface area contributed by atoms with Crippen LogP contribution >= 0.6 is 0 Å². The molecule has 1 saturated heterocycles. The number of pyridine rings is 1. The Kier molecular flexibility index (Phi) is 5.60. The number of carbonyl (C=O) groups excluding carboxylic acids is 2. The van der Waals surface area contributed by atoms with Crippen LogP contribution in [0.2, 0.25) is 0 Å². The van der Waals surface area contributed by atoms with E-state index in [1.54, 1.807) is 11.1 Å². The second-order valence-corrected chi connectivity index (χ2v) is 9.08. The van der Waals surface area contributed by atoms with Gasteiger partial charge in [0.2, 0.25) is 5.91 Å². The van der Waals surface area contributed by atoms with Gasteiger partial charge < -0.3 is 19.9 Å². The van der Waals surface area contributed by atoms with E-state index in [1.165, 1.54) is 0 Å². The van der Waals surface area contributed by atoms with Gasteiger partial charge in [0.05, 0.1) is 5.92 Å². The van der Waals surface area contributed by atoms with E-state index in [0.717, 1.165) is 41.9 Å². The zero-order valence-corrected chi connectivity index (χ0v) is 18.6. The fourth-order valence-corrected chi connectivity index (χ4v) is 4.25. The number of piperazine rings is 1. The Bertz CT molecular complexity index is 991. The molecular formula is C24H30N4O3. The van der Waals surface area contributed by atoms with Crippen molar-refractivity contribution in [2.45, 2.75) is 45.6 Å². The van der Waals surface area contributed by atoms with Crippen molar-refractivity contribution in [3.63, 3.8) is 0 Å². The van der Waals surface area contributed by atoms with Gasteiger partial charge in [0, 0.05) is 43.6 Å². The van der Waals surface area contributed by atoms with Gasteiger partial charge >= 0.3 is 6.09 Å². The van der Waals surface area contributed by atoms with Gasteiger partial charge in [0.1, 0.15) is 11.4 Å². The Morgan fingerprint density at radius 3 is 2.61 bits per heavy atom. The highest BCUT2D eigenvalue weighted by molar-refractivity contribution is 6.04. The minimum Gasteiger partial charge on any atom is -0.444 e. The van der Waals surface area contributed by atoms with Crippen molar-refractivity contribution in [3.05, 3.63) is 42.1 Å². The number of nitrogens with zero attached hydrogens (tertiary/aromatic N) is 3. The van der Waals surface area contributed by atoms with E-state index in [2.05, 4.69) is 33.4 Å². The number of nitrogens with one attached hydrogen (secondary N) is 1. The summed E-state index contributed by atoms with van der Waals surface area (Å²) in [6.07, 6.45) is 2.24. The van der Waals surface area contributed by atoms with Crippen molar-refractivity contribution in [1.82, 2.24) is 9.88 Å². The van der Waals surface area contributed by atoms with Gasteiger partial charge in [-0.15, -0.1) is 0 Å². The van der Waals surface area contributed by atoms with Crippen molar-refractivity contribution in [2.75, 3.05) is 36.4 Å². The van der Waals surface area contributed by atoms with Gasteiger partial charge in [0.25, 0.3) is 0 Å². The molecule has 2 aromatic rings. The highest BCUT2D eigenvalue weighted by atomic mass is 16.6.